The van der Waals surface area contributed by atoms with Crippen molar-refractivity contribution in [1.82, 2.24) is 0 Å². The summed E-state index contributed by atoms with van der Waals surface area (Å²) in [6, 6.07) is 16.3. The standard InChI is InChI=1S/C19H15NO2/c1-12-18-14(7-8-17(22-2)19(18)21)11-16-15-6-4-3-5-13(15)9-10-20(12)16/h3-11H,1-2H3/p+1. The van der Waals surface area contributed by atoms with E-state index < -0.39 is 0 Å². The Hall–Kier alpha value is -2.81. The zero-order chi connectivity index (χ0) is 15.3. The molecule has 3 heteroatoms. The number of fused-ring (bicyclic) bond motifs is 4. The number of phenolic OH excluding ortho intramolecular Hbond substituents is 1. The maximum absolute atomic E-state index is 10.5. The summed E-state index contributed by atoms with van der Waals surface area (Å²) in [4.78, 5) is 0. The predicted octanol–water partition coefficient (Wildman–Crippen LogP) is 3.75. The molecule has 22 heavy (non-hydrogen) atoms. The molecule has 4 aromatic rings. The third-order valence-corrected chi connectivity index (χ3v) is 4.31. The van der Waals surface area contributed by atoms with Crippen LogP contribution in [0.5, 0.6) is 11.5 Å². The van der Waals surface area contributed by atoms with Gasteiger partial charge in [0, 0.05) is 19.1 Å². The molecule has 0 fully saturated rings. The van der Waals surface area contributed by atoms with Crippen LogP contribution in [0.25, 0.3) is 27.1 Å². The van der Waals surface area contributed by atoms with E-state index in [1.807, 2.05) is 31.3 Å². The maximum Gasteiger partial charge on any atom is 0.219 e. The second kappa shape index (κ2) is 4.60. The first kappa shape index (κ1) is 12.9. The smallest absolute Gasteiger partial charge is 0.219 e. The lowest BCUT2D eigenvalue weighted by atomic mass is 10.0. The van der Waals surface area contributed by atoms with Gasteiger partial charge in [-0.15, -0.1) is 0 Å². The molecule has 108 valence electrons. The number of ether oxygens (including phenoxy) is 1. The lowest BCUT2D eigenvalue weighted by Crippen LogP contribution is -2.25. The van der Waals surface area contributed by atoms with Crippen LogP contribution in [0.15, 0.2) is 54.7 Å². The molecule has 2 aromatic heterocycles. The molecule has 0 saturated heterocycles. The molecule has 0 atom stereocenters. The molecule has 0 radical (unpaired) electrons. The lowest BCUT2D eigenvalue weighted by molar-refractivity contribution is -0.516. The van der Waals surface area contributed by atoms with E-state index >= 15 is 0 Å². The molecule has 0 aliphatic carbocycles. The fourth-order valence-electron chi connectivity index (χ4n) is 3.20. The van der Waals surface area contributed by atoms with Gasteiger partial charge in [0.15, 0.2) is 23.4 Å². The monoisotopic (exact) mass is 290 g/mol. The first-order chi connectivity index (χ1) is 10.7. The summed E-state index contributed by atoms with van der Waals surface area (Å²) >= 11 is 0. The Labute approximate surface area is 128 Å². The fraction of sp³-hybridized carbons (Fsp3) is 0.105. The number of aromatic nitrogens is 1. The number of rotatable bonds is 1. The largest absolute Gasteiger partial charge is 0.504 e. The number of nitrogens with zero attached hydrogens (tertiary/aromatic N) is 1. The summed E-state index contributed by atoms with van der Waals surface area (Å²) in [5.41, 5.74) is 2.13. The molecule has 0 aliphatic rings. The number of benzene rings is 2. The molecular formula is C19H16NO2+. The highest BCUT2D eigenvalue weighted by atomic mass is 16.5. The van der Waals surface area contributed by atoms with Crippen LogP contribution < -0.4 is 9.14 Å². The Bertz CT molecular complexity index is 1040. The minimum absolute atomic E-state index is 0.194. The van der Waals surface area contributed by atoms with Crippen LogP contribution in [0.4, 0.5) is 0 Å². The summed E-state index contributed by atoms with van der Waals surface area (Å²) in [6.07, 6.45) is 2.05. The van der Waals surface area contributed by atoms with Crippen molar-refractivity contribution in [2.24, 2.45) is 0 Å². The number of pyridine rings is 2. The van der Waals surface area contributed by atoms with Gasteiger partial charge >= 0.3 is 0 Å². The van der Waals surface area contributed by atoms with Gasteiger partial charge in [0.25, 0.3) is 0 Å². The second-order valence-electron chi connectivity index (χ2n) is 5.47. The van der Waals surface area contributed by atoms with Crippen LogP contribution in [0.3, 0.4) is 0 Å². The van der Waals surface area contributed by atoms with Gasteiger partial charge in [0.05, 0.1) is 17.9 Å². The van der Waals surface area contributed by atoms with Gasteiger partial charge in [0.1, 0.15) is 0 Å². The molecule has 2 heterocycles. The number of hydrogen-bond donors (Lipinski definition) is 1. The molecule has 0 amide bonds. The molecule has 0 spiro atoms. The zero-order valence-electron chi connectivity index (χ0n) is 12.5. The lowest BCUT2D eigenvalue weighted by Gasteiger charge is -2.08. The summed E-state index contributed by atoms with van der Waals surface area (Å²) in [7, 11) is 1.57. The Kier molecular flexibility index (Phi) is 2.70. The van der Waals surface area contributed by atoms with E-state index in [9.17, 15) is 5.11 Å². The quantitative estimate of drug-likeness (QED) is 0.329. The van der Waals surface area contributed by atoms with Crippen LogP contribution in [-0.2, 0) is 0 Å². The van der Waals surface area contributed by atoms with E-state index in [4.69, 9.17) is 4.74 Å². The molecule has 4 rings (SSSR count). The molecule has 0 bridgehead atoms. The predicted molar refractivity (Wildman–Crippen MR) is 87.6 cm³/mol. The van der Waals surface area contributed by atoms with E-state index in [1.165, 1.54) is 10.8 Å². The number of aryl methyl sites for hydroxylation is 1. The van der Waals surface area contributed by atoms with Crippen molar-refractivity contribution >= 4 is 27.1 Å². The molecule has 3 nitrogen and oxygen atoms in total. The summed E-state index contributed by atoms with van der Waals surface area (Å²) in [5.74, 6) is 0.691. The number of hydrogen-bond acceptors (Lipinski definition) is 2. The van der Waals surface area contributed by atoms with Crippen LogP contribution in [0, 0.1) is 6.92 Å². The van der Waals surface area contributed by atoms with Gasteiger partial charge in [-0.1, -0.05) is 18.2 Å². The minimum atomic E-state index is 0.194. The van der Waals surface area contributed by atoms with Gasteiger partial charge in [-0.05, 0) is 29.0 Å². The first-order valence-electron chi connectivity index (χ1n) is 7.23. The topological polar surface area (TPSA) is 33.6 Å². The van der Waals surface area contributed by atoms with E-state index in [1.54, 1.807) is 13.2 Å². The molecule has 0 saturated carbocycles. The van der Waals surface area contributed by atoms with E-state index in [-0.39, 0.29) is 5.75 Å². The highest BCUT2D eigenvalue weighted by molar-refractivity contribution is 5.99. The number of methoxy groups -OCH3 is 1. The van der Waals surface area contributed by atoms with E-state index in [2.05, 4.69) is 28.7 Å². The molecule has 0 aliphatic heterocycles. The van der Waals surface area contributed by atoms with Crippen LogP contribution in [0.1, 0.15) is 5.69 Å². The van der Waals surface area contributed by atoms with Gasteiger partial charge in [-0.25, -0.2) is 0 Å². The Morgan fingerprint density at radius 2 is 1.82 bits per heavy atom. The van der Waals surface area contributed by atoms with Gasteiger partial charge in [-0.2, -0.15) is 4.40 Å². The molecular weight excluding hydrogens is 274 g/mol. The fourth-order valence-corrected chi connectivity index (χ4v) is 3.20. The number of phenols is 1. The SMILES string of the molecule is COc1ccc2cc3c4ccccc4cc[n+]3c(C)c2c1O. The zero-order valence-corrected chi connectivity index (χ0v) is 12.5. The van der Waals surface area contributed by atoms with Crippen LogP contribution >= 0.6 is 0 Å². The summed E-state index contributed by atoms with van der Waals surface area (Å²) in [5, 5.41) is 14.7. The third kappa shape index (κ3) is 1.65. The average molecular weight is 290 g/mol. The highest BCUT2D eigenvalue weighted by Gasteiger charge is 2.19. The average Bonchev–Trinajstić information content (AvgIpc) is 2.55. The van der Waals surface area contributed by atoms with Crippen molar-refractivity contribution in [2.75, 3.05) is 7.11 Å². The van der Waals surface area contributed by atoms with E-state index in [0.717, 1.165) is 22.0 Å². The summed E-state index contributed by atoms with van der Waals surface area (Å²) < 4.78 is 7.35. The maximum atomic E-state index is 10.5. The Balaban J connectivity index is 2.24. The van der Waals surface area contributed by atoms with Crippen LogP contribution in [0.2, 0.25) is 0 Å². The number of aromatic hydroxyl groups is 1. The highest BCUT2D eigenvalue weighted by Crippen LogP contribution is 2.36. The van der Waals surface area contributed by atoms with Gasteiger partial charge in [-0.3, -0.25) is 0 Å². The Morgan fingerprint density at radius 3 is 2.64 bits per heavy atom. The first-order valence-corrected chi connectivity index (χ1v) is 7.23. The van der Waals surface area contributed by atoms with Crippen molar-refractivity contribution in [3.63, 3.8) is 0 Å². The van der Waals surface area contributed by atoms with Crippen molar-refractivity contribution in [3.05, 3.63) is 60.4 Å². The normalized spacial score (nSPS) is 11.4. The third-order valence-electron chi connectivity index (χ3n) is 4.31. The van der Waals surface area contributed by atoms with Crippen molar-refractivity contribution < 1.29 is 14.2 Å². The molecule has 0 unspecified atom stereocenters. The molecule has 2 aromatic carbocycles. The minimum Gasteiger partial charge on any atom is -0.504 e. The second-order valence-corrected chi connectivity index (χ2v) is 5.47. The van der Waals surface area contributed by atoms with Crippen molar-refractivity contribution in [2.45, 2.75) is 6.92 Å². The Morgan fingerprint density at radius 1 is 1.00 bits per heavy atom. The van der Waals surface area contributed by atoms with Crippen molar-refractivity contribution in [3.8, 4) is 11.5 Å². The molecule has 1 N–H and O–H groups in total. The van der Waals surface area contributed by atoms with Gasteiger partial charge < -0.3 is 9.84 Å². The van der Waals surface area contributed by atoms with E-state index in [0.29, 0.717) is 5.75 Å². The van der Waals surface area contributed by atoms with Gasteiger partial charge in [0.2, 0.25) is 5.52 Å². The summed E-state index contributed by atoms with van der Waals surface area (Å²) in [6.45, 7) is 2.02. The van der Waals surface area contributed by atoms with Crippen molar-refractivity contribution in [1.29, 1.82) is 0 Å². The van der Waals surface area contributed by atoms with Crippen LogP contribution in [-0.4, -0.2) is 12.2 Å².